The lowest BCUT2D eigenvalue weighted by atomic mass is 9.87. The Morgan fingerprint density at radius 2 is 1.89 bits per heavy atom. The highest BCUT2D eigenvalue weighted by atomic mass is 16.5. The molecule has 2 aliphatic heterocycles. The van der Waals surface area contributed by atoms with E-state index in [9.17, 15) is 4.79 Å². The molecule has 0 aromatic carbocycles. The van der Waals surface area contributed by atoms with Gasteiger partial charge in [0.15, 0.2) is 0 Å². The second-order valence-electron chi connectivity index (χ2n) is 6.04. The van der Waals surface area contributed by atoms with Gasteiger partial charge in [0.25, 0.3) is 0 Å². The maximum Gasteiger partial charge on any atom is 0.248 e. The maximum absolute atomic E-state index is 12.1. The van der Waals surface area contributed by atoms with E-state index in [-0.39, 0.29) is 11.5 Å². The monoisotopic (exact) mass is 252 g/mol. The summed E-state index contributed by atoms with van der Waals surface area (Å²) in [5.74, 6) is 0.214. The molecule has 1 aliphatic carbocycles. The molecule has 1 N–H and O–H groups in total. The number of rotatable bonds is 1. The molecule has 0 atom stereocenters. The second-order valence-corrected chi connectivity index (χ2v) is 6.04. The van der Waals surface area contributed by atoms with E-state index in [0.29, 0.717) is 12.6 Å². The zero-order valence-electron chi connectivity index (χ0n) is 11.1. The van der Waals surface area contributed by atoms with Crippen LogP contribution in [0.2, 0.25) is 0 Å². The third kappa shape index (κ3) is 2.41. The van der Waals surface area contributed by atoms with Crippen LogP contribution in [-0.4, -0.2) is 48.7 Å². The molecule has 2 saturated heterocycles. The van der Waals surface area contributed by atoms with Crippen molar-refractivity contribution in [3.8, 4) is 0 Å². The van der Waals surface area contributed by atoms with Crippen molar-refractivity contribution in [2.45, 2.75) is 56.6 Å². The van der Waals surface area contributed by atoms with Crippen molar-refractivity contribution in [3.05, 3.63) is 0 Å². The van der Waals surface area contributed by atoms with Gasteiger partial charge in [-0.15, -0.1) is 0 Å². The second kappa shape index (κ2) is 5.17. The van der Waals surface area contributed by atoms with Crippen molar-refractivity contribution in [2.75, 3.05) is 26.2 Å². The van der Waals surface area contributed by atoms with Gasteiger partial charge in [-0.25, -0.2) is 0 Å². The summed E-state index contributed by atoms with van der Waals surface area (Å²) in [7, 11) is 0. The fourth-order valence-corrected chi connectivity index (χ4v) is 3.65. The predicted molar refractivity (Wildman–Crippen MR) is 69.4 cm³/mol. The van der Waals surface area contributed by atoms with Crippen LogP contribution in [0.5, 0.6) is 0 Å². The van der Waals surface area contributed by atoms with E-state index < -0.39 is 0 Å². The Kier molecular flexibility index (Phi) is 3.57. The molecule has 4 heteroatoms. The van der Waals surface area contributed by atoms with Gasteiger partial charge >= 0.3 is 0 Å². The van der Waals surface area contributed by atoms with E-state index in [0.717, 1.165) is 32.5 Å². The molecule has 0 bridgehead atoms. The number of piperidine rings is 1. The van der Waals surface area contributed by atoms with Crippen LogP contribution in [0.1, 0.15) is 44.9 Å². The summed E-state index contributed by atoms with van der Waals surface area (Å²) in [5.41, 5.74) is -0.0450. The summed E-state index contributed by atoms with van der Waals surface area (Å²) in [6.07, 6.45) is 8.38. The van der Waals surface area contributed by atoms with Crippen LogP contribution in [0.25, 0.3) is 0 Å². The minimum atomic E-state index is -0.0450. The van der Waals surface area contributed by atoms with Crippen LogP contribution in [-0.2, 0) is 9.53 Å². The van der Waals surface area contributed by atoms with Gasteiger partial charge in [-0.1, -0.05) is 19.3 Å². The van der Waals surface area contributed by atoms with Gasteiger partial charge in [-0.3, -0.25) is 4.79 Å². The van der Waals surface area contributed by atoms with Crippen molar-refractivity contribution in [3.63, 3.8) is 0 Å². The molecule has 3 fully saturated rings. The molecular formula is C14H24N2O2. The fourth-order valence-electron chi connectivity index (χ4n) is 3.65. The molecule has 3 rings (SSSR count). The number of ether oxygens (including phenoxy) is 1. The molecule has 2 heterocycles. The highest BCUT2D eigenvalue weighted by Gasteiger charge is 2.42. The Morgan fingerprint density at radius 3 is 2.61 bits per heavy atom. The van der Waals surface area contributed by atoms with E-state index in [1.165, 1.54) is 32.1 Å². The average molecular weight is 252 g/mol. The van der Waals surface area contributed by atoms with E-state index in [4.69, 9.17) is 4.74 Å². The van der Waals surface area contributed by atoms with Crippen molar-refractivity contribution in [1.82, 2.24) is 10.2 Å². The minimum Gasteiger partial charge on any atom is -0.363 e. The summed E-state index contributed by atoms with van der Waals surface area (Å²) in [6, 6.07) is 0.488. The normalized spacial score (nSPS) is 29.8. The van der Waals surface area contributed by atoms with Gasteiger partial charge in [0.1, 0.15) is 6.61 Å². The number of amides is 1. The number of carbonyl (C=O) groups is 1. The lowest BCUT2D eigenvalue weighted by Gasteiger charge is -2.48. The predicted octanol–water partition coefficient (Wildman–Crippen LogP) is 1.30. The van der Waals surface area contributed by atoms with Crippen LogP contribution >= 0.6 is 0 Å². The van der Waals surface area contributed by atoms with Crippen molar-refractivity contribution in [1.29, 1.82) is 0 Å². The van der Waals surface area contributed by atoms with Crippen LogP contribution in [0.15, 0.2) is 0 Å². The number of carbonyl (C=O) groups excluding carboxylic acids is 1. The molecule has 0 radical (unpaired) electrons. The first-order valence-corrected chi connectivity index (χ1v) is 7.43. The minimum absolute atomic E-state index is 0.0450. The first-order chi connectivity index (χ1) is 8.79. The number of hydrogen-bond acceptors (Lipinski definition) is 3. The summed E-state index contributed by atoms with van der Waals surface area (Å²) >= 11 is 0. The van der Waals surface area contributed by atoms with Crippen molar-refractivity contribution >= 4 is 5.91 Å². The van der Waals surface area contributed by atoms with Gasteiger partial charge in [-0.05, 0) is 38.8 Å². The molecule has 1 saturated carbocycles. The molecule has 1 spiro atoms. The molecule has 4 nitrogen and oxygen atoms in total. The molecule has 18 heavy (non-hydrogen) atoms. The van der Waals surface area contributed by atoms with E-state index in [2.05, 4.69) is 10.2 Å². The standard InChI is InChI=1S/C14H24N2O2/c17-13-10-18-14(6-8-15-9-7-14)11-16(13)12-4-2-1-3-5-12/h12,15H,1-11H2. The van der Waals surface area contributed by atoms with Crippen LogP contribution in [0.4, 0.5) is 0 Å². The Hall–Kier alpha value is -0.610. The van der Waals surface area contributed by atoms with Gasteiger partial charge in [0, 0.05) is 6.04 Å². The Bertz CT molecular complexity index is 307. The first-order valence-electron chi connectivity index (χ1n) is 7.43. The molecular weight excluding hydrogens is 228 g/mol. The number of nitrogens with zero attached hydrogens (tertiary/aromatic N) is 1. The summed E-state index contributed by atoms with van der Waals surface area (Å²) in [4.78, 5) is 14.3. The molecule has 0 unspecified atom stereocenters. The van der Waals surface area contributed by atoms with Crippen LogP contribution in [0, 0.1) is 0 Å². The number of hydrogen-bond donors (Lipinski definition) is 1. The van der Waals surface area contributed by atoms with E-state index >= 15 is 0 Å². The van der Waals surface area contributed by atoms with Gasteiger partial charge < -0.3 is 15.0 Å². The highest BCUT2D eigenvalue weighted by Crippen LogP contribution is 2.32. The third-order valence-electron chi connectivity index (χ3n) is 4.81. The topological polar surface area (TPSA) is 41.6 Å². The Labute approximate surface area is 109 Å². The van der Waals surface area contributed by atoms with E-state index in [1.807, 2.05) is 0 Å². The molecule has 102 valence electrons. The maximum atomic E-state index is 12.1. The molecule has 0 aromatic heterocycles. The summed E-state index contributed by atoms with van der Waals surface area (Å²) in [6.45, 7) is 3.17. The average Bonchev–Trinajstić information content (AvgIpc) is 2.44. The van der Waals surface area contributed by atoms with Gasteiger partial charge in [0.05, 0.1) is 12.1 Å². The largest absolute Gasteiger partial charge is 0.363 e. The zero-order valence-corrected chi connectivity index (χ0v) is 11.1. The summed E-state index contributed by atoms with van der Waals surface area (Å²) in [5, 5.41) is 3.38. The smallest absolute Gasteiger partial charge is 0.248 e. The highest BCUT2D eigenvalue weighted by molar-refractivity contribution is 5.78. The molecule has 3 aliphatic rings. The van der Waals surface area contributed by atoms with Crippen LogP contribution < -0.4 is 5.32 Å². The van der Waals surface area contributed by atoms with E-state index in [1.54, 1.807) is 0 Å². The van der Waals surface area contributed by atoms with Gasteiger partial charge in [0.2, 0.25) is 5.91 Å². The molecule has 0 aromatic rings. The van der Waals surface area contributed by atoms with Gasteiger partial charge in [-0.2, -0.15) is 0 Å². The quantitative estimate of drug-likeness (QED) is 0.765. The lowest BCUT2D eigenvalue weighted by molar-refractivity contribution is -0.173. The van der Waals surface area contributed by atoms with Crippen molar-refractivity contribution in [2.24, 2.45) is 0 Å². The lowest BCUT2D eigenvalue weighted by Crippen LogP contribution is -2.60. The van der Waals surface area contributed by atoms with Crippen molar-refractivity contribution < 1.29 is 9.53 Å². The number of nitrogens with one attached hydrogen (secondary N) is 1. The molecule has 1 amide bonds. The Morgan fingerprint density at radius 1 is 1.17 bits per heavy atom. The third-order valence-corrected chi connectivity index (χ3v) is 4.81. The Balaban J connectivity index is 1.69. The summed E-state index contributed by atoms with van der Waals surface area (Å²) < 4.78 is 5.91. The zero-order chi connectivity index (χ0) is 12.4. The fraction of sp³-hybridized carbons (Fsp3) is 0.929. The van der Waals surface area contributed by atoms with Crippen LogP contribution in [0.3, 0.4) is 0 Å². The SMILES string of the molecule is O=C1COC2(CCNCC2)CN1C1CCCCC1. The first kappa shape index (κ1) is 12.4. The number of morpholine rings is 1.